The number of ketones is 1. The van der Waals surface area contributed by atoms with Gasteiger partial charge in [0.1, 0.15) is 6.01 Å². The molecule has 0 aromatic rings. The first-order chi connectivity index (χ1) is 12.3. The predicted octanol–water partition coefficient (Wildman–Crippen LogP) is 5.34. The number of rotatable bonds is 2. The van der Waals surface area contributed by atoms with Crippen molar-refractivity contribution in [1.29, 1.82) is 0 Å². The minimum atomic E-state index is -0.607. The van der Waals surface area contributed by atoms with Crippen molar-refractivity contribution in [3.8, 4) is 0 Å². The molecule has 0 aromatic heterocycles. The summed E-state index contributed by atoms with van der Waals surface area (Å²) in [4.78, 5) is 24.5. The zero-order valence-electron chi connectivity index (χ0n) is 16.0. The number of hydrogen-bond acceptors (Lipinski definition) is 3. The van der Waals surface area contributed by atoms with E-state index in [2.05, 4.69) is 26.8 Å². The third-order valence-corrected chi connectivity index (χ3v) is 9.04. The van der Waals surface area contributed by atoms with Crippen molar-refractivity contribution in [3.63, 3.8) is 0 Å². The third kappa shape index (κ3) is 2.51. The van der Waals surface area contributed by atoms with Crippen LogP contribution in [0.2, 0.25) is 0 Å². The molecule has 7 atom stereocenters. The smallest absolute Gasteiger partial charge is 0.195 e. The van der Waals surface area contributed by atoms with Crippen LogP contribution in [0.15, 0.2) is 23.8 Å². The van der Waals surface area contributed by atoms with Gasteiger partial charge >= 0.3 is 0 Å². The van der Waals surface area contributed by atoms with Crippen LogP contribution in [0, 0.1) is 40.4 Å². The Morgan fingerprint density at radius 3 is 2.77 bits per heavy atom. The summed E-state index contributed by atoms with van der Waals surface area (Å²) in [5.74, 6) is 2.23. The zero-order valence-corrected chi connectivity index (χ0v) is 16.8. The monoisotopic (exact) mass is 376 g/mol. The lowest BCUT2D eigenvalue weighted by Gasteiger charge is -2.58. The van der Waals surface area contributed by atoms with Crippen LogP contribution in [-0.4, -0.2) is 16.9 Å². The van der Waals surface area contributed by atoms with Crippen molar-refractivity contribution >= 4 is 22.7 Å². The first kappa shape index (κ1) is 18.5. The van der Waals surface area contributed by atoms with Gasteiger partial charge in [0, 0.05) is 11.3 Å². The molecule has 0 N–H and O–H groups in total. The largest absolute Gasteiger partial charge is 0.290 e. The average Bonchev–Trinajstić information content (AvgIpc) is 2.94. The summed E-state index contributed by atoms with van der Waals surface area (Å²) >= 11 is 0.867. The van der Waals surface area contributed by atoms with Gasteiger partial charge in [-0.3, -0.25) is 9.59 Å². The fourth-order valence-electron chi connectivity index (χ4n) is 7.16. The van der Waals surface area contributed by atoms with Crippen LogP contribution in [-0.2, 0) is 9.59 Å². The van der Waals surface area contributed by atoms with E-state index in [1.165, 1.54) is 5.57 Å². The maximum absolute atomic E-state index is 12.7. The summed E-state index contributed by atoms with van der Waals surface area (Å²) in [6.45, 7) is 6.87. The Balaban J connectivity index is 1.66. The Labute approximate surface area is 160 Å². The summed E-state index contributed by atoms with van der Waals surface area (Å²) in [5, 5.41) is 0.0646. The Morgan fingerprint density at radius 1 is 1.27 bits per heavy atom. The summed E-state index contributed by atoms with van der Waals surface area (Å²) in [6.07, 6.45) is 11.1. The highest BCUT2D eigenvalue weighted by atomic mass is 32.2. The summed E-state index contributed by atoms with van der Waals surface area (Å²) in [6, 6.07) is -0.607. The molecule has 26 heavy (non-hydrogen) atoms. The van der Waals surface area contributed by atoms with E-state index >= 15 is 0 Å². The number of halogens is 1. The fourth-order valence-corrected chi connectivity index (χ4v) is 7.85. The van der Waals surface area contributed by atoms with Crippen molar-refractivity contribution in [2.45, 2.75) is 52.9 Å². The predicted molar refractivity (Wildman–Crippen MR) is 103 cm³/mol. The molecule has 0 spiro atoms. The number of carbonyl (C=O) groups excluding carboxylic acids is 2. The lowest BCUT2D eigenvalue weighted by atomic mass is 9.46. The van der Waals surface area contributed by atoms with Gasteiger partial charge in [-0.1, -0.05) is 44.2 Å². The fraction of sp³-hybridized carbons (Fsp3) is 0.727. The van der Waals surface area contributed by atoms with E-state index in [0.717, 1.165) is 43.9 Å². The SMILES string of the molecule is CC1C[C@@H]2[C@H](CC[C@]3(C)C(C(=O)SCF)CC[C@@H]23)[C@@]2(C)C=CC(=O)C=C12. The maximum atomic E-state index is 12.7. The quantitative estimate of drug-likeness (QED) is 0.652. The minimum absolute atomic E-state index is 0.0118. The van der Waals surface area contributed by atoms with Gasteiger partial charge < -0.3 is 0 Å². The minimum Gasteiger partial charge on any atom is -0.290 e. The van der Waals surface area contributed by atoms with Gasteiger partial charge in [-0.05, 0) is 73.3 Å². The highest BCUT2D eigenvalue weighted by molar-refractivity contribution is 8.13. The molecular weight excluding hydrogens is 347 g/mol. The van der Waals surface area contributed by atoms with Crippen molar-refractivity contribution < 1.29 is 14.0 Å². The molecule has 3 fully saturated rings. The number of fused-ring (bicyclic) bond motifs is 5. The molecule has 0 aromatic carbocycles. The topological polar surface area (TPSA) is 34.1 Å². The Morgan fingerprint density at radius 2 is 2.04 bits per heavy atom. The summed E-state index contributed by atoms with van der Waals surface area (Å²) in [5.41, 5.74) is 1.31. The second-order valence-corrected chi connectivity index (χ2v) is 10.3. The van der Waals surface area contributed by atoms with Crippen molar-refractivity contribution in [1.82, 2.24) is 0 Å². The van der Waals surface area contributed by atoms with Gasteiger partial charge in [0.15, 0.2) is 10.9 Å². The van der Waals surface area contributed by atoms with Crippen LogP contribution in [0.4, 0.5) is 4.39 Å². The van der Waals surface area contributed by atoms with Gasteiger partial charge in [-0.2, -0.15) is 0 Å². The Kier molecular flexibility index (Phi) is 4.49. The van der Waals surface area contributed by atoms with Crippen molar-refractivity contribution in [3.05, 3.63) is 23.8 Å². The molecule has 0 aliphatic heterocycles. The van der Waals surface area contributed by atoms with E-state index < -0.39 is 6.01 Å². The van der Waals surface area contributed by atoms with E-state index in [4.69, 9.17) is 0 Å². The standard InChI is InChI=1S/C22H29FO2S/c1-13-10-15-16-4-5-18(20(25)26-12-23)21(16,2)9-7-17(15)22(3)8-6-14(24)11-19(13)22/h6,8,11,13,15-18H,4-5,7,9-10,12H2,1-3H3/t13?,15-,16-,17-,18?,21-,22+/m0/s1. The van der Waals surface area contributed by atoms with Crippen LogP contribution in [0.3, 0.4) is 0 Å². The molecule has 4 aliphatic rings. The van der Waals surface area contributed by atoms with Crippen LogP contribution >= 0.6 is 11.8 Å². The first-order valence-electron chi connectivity index (χ1n) is 9.99. The molecule has 0 heterocycles. The lowest BCUT2D eigenvalue weighted by Crippen LogP contribution is -2.51. The highest BCUT2D eigenvalue weighted by Gasteiger charge is 2.60. The molecule has 0 radical (unpaired) electrons. The molecule has 0 saturated heterocycles. The van der Waals surface area contributed by atoms with Crippen LogP contribution in [0.5, 0.6) is 0 Å². The van der Waals surface area contributed by atoms with Crippen LogP contribution in [0.25, 0.3) is 0 Å². The number of allylic oxidation sites excluding steroid dienone is 4. The summed E-state index contributed by atoms with van der Waals surface area (Å²) in [7, 11) is 0. The molecule has 0 bridgehead atoms. The third-order valence-electron chi connectivity index (χ3n) is 8.36. The average molecular weight is 377 g/mol. The zero-order chi connectivity index (χ0) is 18.7. The molecule has 0 amide bonds. The van der Waals surface area contributed by atoms with Gasteiger partial charge in [0.25, 0.3) is 0 Å². The molecule has 2 unspecified atom stereocenters. The van der Waals surface area contributed by atoms with Gasteiger partial charge in [-0.15, -0.1) is 0 Å². The number of thioether (sulfide) groups is 1. The summed E-state index contributed by atoms with van der Waals surface area (Å²) < 4.78 is 12.7. The molecular formula is C22H29FO2S. The molecule has 4 aliphatic carbocycles. The molecule has 4 rings (SSSR count). The Hall–Kier alpha value is -0.900. The van der Waals surface area contributed by atoms with Crippen molar-refractivity contribution in [2.75, 3.05) is 6.01 Å². The molecule has 142 valence electrons. The van der Waals surface area contributed by atoms with Gasteiger partial charge in [0.05, 0.1) is 0 Å². The van der Waals surface area contributed by atoms with E-state index in [-0.39, 0.29) is 27.6 Å². The first-order valence-corrected chi connectivity index (χ1v) is 11.0. The van der Waals surface area contributed by atoms with Crippen LogP contribution in [0.1, 0.15) is 52.9 Å². The van der Waals surface area contributed by atoms with E-state index in [9.17, 15) is 14.0 Å². The lowest BCUT2D eigenvalue weighted by molar-refractivity contribution is -0.121. The highest BCUT2D eigenvalue weighted by Crippen LogP contribution is 2.67. The number of alkyl halides is 1. The number of carbonyl (C=O) groups is 2. The molecule has 4 heteroatoms. The molecule has 3 saturated carbocycles. The van der Waals surface area contributed by atoms with Crippen molar-refractivity contribution in [2.24, 2.45) is 40.4 Å². The second kappa shape index (κ2) is 6.32. The number of hydrogen-bond donors (Lipinski definition) is 0. The van der Waals surface area contributed by atoms with E-state index in [1.54, 1.807) is 6.08 Å². The van der Waals surface area contributed by atoms with Gasteiger partial charge in [-0.25, -0.2) is 4.39 Å². The van der Waals surface area contributed by atoms with Crippen LogP contribution < -0.4 is 0 Å². The Bertz CT molecular complexity index is 698. The van der Waals surface area contributed by atoms with E-state index in [1.807, 2.05) is 6.08 Å². The second-order valence-electron chi connectivity index (χ2n) is 9.38. The molecule has 2 nitrogen and oxygen atoms in total. The van der Waals surface area contributed by atoms with E-state index in [0.29, 0.717) is 23.7 Å². The maximum Gasteiger partial charge on any atom is 0.195 e. The van der Waals surface area contributed by atoms with Gasteiger partial charge in [0.2, 0.25) is 0 Å². The normalized spacial score (nSPS) is 47.0.